The molecular formula is C15H14N2O3S. The van der Waals surface area contributed by atoms with Crippen molar-refractivity contribution in [2.24, 2.45) is 0 Å². The molecule has 2 aromatic carbocycles. The fourth-order valence-electron chi connectivity index (χ4n) is 2.26. The van der Waals surface area contributed by atoms with E-state index in [0.29, 0.717) is 16.9 Å². The summed E-state index contributed by atoms with van der Waals surface area (Å²) in [5.41, 5.74) is 3.12. The molecule has 0 amide bonds. The molecule has 0 atom stereocenters. The van der Waals surface area contributed by atoms with E-state index in [1.807, 2.05) is 6.92 Å². The number of aryl methyl sites for hydroxylation is 1. The van der Waals surface area contributed by atoms with Gasteiger partial charge in [0.15, 0.2) is 9.84 Å². The zero-order chi connectivity index (χ0) is 15.2. The number of hydrogen-bond donors (Lipinski definition) is 2. The number of phenolic OH excluding ortho intramolecular Hbond substituents is 1. The summed E-state index contributed by atoms with van der Waals surface area (Å²) in [6.45, 7) is 1.88. The van der Waals surface area contributed by atoms with E-state index >= 15 is 0 Å². The standard InChI is InChI=1S/C15H14N2O3S/c1-9-7-10(18)3-5-12(9)15-16-13-6-4-11(21(2,19)20)8-14(13)17-15/h3-8,18H,1-2H3,(H,16,17). The number of benzene rings is 2. The van der Waals surface area contributed by atoms with E-state index in [4.69, 9.17) is 0 Å². The molecule has 1 heterocycles. The summed E-state index contributed by atoms with van der Waals surface area (Å²) in [5.74, 6) is 0.847. The average Bonchev–Trinajstić information content (AvgIpc) is 2.79. The summed E-state index contributed by atoms with van der Waals surface area (Å²) in [6, 6.07) is 9.84. The highest BCUT2D eigenvalue weighted by Crippen LogP contribution is 2.27. The van der Waals surface area contributed by atoms with E-state index in [1.54, 1.807) is 36.4 Å². The number of aromatic nitrogens is 2. The molecule has 3 aromatic rings. The number of fused-ring (bicyclic) bond motifs is 1. The fourth-order valence-corrected chi connectivity index (χ4v) is 2.91. The molecule has 0 unspecified atom stereocenters. The summed E-state index contributed by atoms with van der Waals surface area (Å²) >= 11 is 0. The van der Waals surface area contributed by atoms with Gasteiger partial charge in [-0.3, -0.25) is 0 Å². The number of phenols is 1. The minimum atomic E-state index is -3.24. The van der Waals surface area contributed by atoms with Crippen molar-refractivity contribution in [1.29, 1.82) is 0 Å². The van der Waals surface area contributed by atoms with Gasteiger partial charge >= 0.3 is 0 Å². The summed E-state index contributed by atoms with van der Waals surface area (Å²) in [7, 11) is -3.24. The Morgan fingerprint density at radius 2 is 1.90 bits per heavy atom. The van der Waals surface area contributed by atoms with E-state index in [0.717, 1.165) is 11.1 Å². The first kappa shape index (κ1) is 13.6. The second kappa shape index (κ2) is 4.60. The van der Waals surface area contributed by atoms with Crippen LogP contribution in [0.1, 0.15) is 5.56 Å². The quantitative estimate of drug-likeness (QED) is 0.762. The van der Waals surface area contributed by atoms with Crippen LogP contribution in [0.15, 0.2) is 41.3 Å². The third-order valence-electron chi connectivity index (χ3n) is 3.35. The van der Waals surface area contributed by atoms with Gasteiger partial charge in [-0.1, -0.05) is 0 Å². The molecule has 0 aliphatic carbocycles. The molecule has 21 heavy (non-hydrogen) atoms. The number of aromatic amines is 1. The first-order chi connectivity index (χ1) is 9.84. The van der Waals surface area contributed by atoms with Crippen molar-refractivity contribution in [3.63, 3.8) is 0 Å². The van der Waals surface area contributed by atoms with Gasteiger partial charge in [0.2, 0.25) is 0 Å². The molecule has 0 spiro atoms. The molecule has 0 fully saturated rings. The highest BCUT2D eigenvalue weighted by Gasteiger charge is 2.12. The molecule has 108 valence electrons. The normalized spacial score (nSPS) is 11.9. The fraction of sp³-hybridized carbons (Fsp3) is 0.133. The number of imidazole rings is 1. The second-order valence-electron chi connectivity index (χ2n) is 5.04. The lowest BCUT2D eigenvalue weighted by Gasteiger charge is -2.02. The van der Waals surface area contributed by atoms with Crippen LogP contribution in [-0.2, 0) is 9.84 Å². The first-order valence-electron chi connectivity index (χ1n) is 6.34. The van der Waals surface area contributed by atoms with Crippen molar-refractivity contribution in [3.8, 4) is 17.1 Å². The number of aromatic hydroxyl groups is 1. The van der Waals surface area contributed by atoms with Crippen molar-refractivity contribution < 1.29 is 13.5 Å². The van der Waals surface area contributed by atoms with Gasteiger partial charge in [-0.2, -0.15) is 0 Å². The van der Waals surface area contributed by atoms with Crippen LogP contribution in [0.5, 0.6) is 5.75 Å². The lowest BCUT2D eigenvalue weighted by atomic mass is 10.1. The van der Waals surface area contributed by atoms with Crippen LogP contribution in [-0.4, -0.2) is 29.7 Å². The topological polar surface area (TPSA) is 83.1 Å². The molecule has 0 aliphatic heterocycles. The molecule has 0 saturated carbocycles. The van der Waals surface area contributed by atoms with Crippen LogP contribution < -0.4 is 0 Å². The van der Waals surface area contributed by atoms with Crippen molar-refractivity contribution in [2.45, 2.75) is 11.8 Å². The van der Waals surface area contributed by atoms with Crippen molar-refractivity contribution in [2.75, 3.05) is 6.26 Å². The molecule has 2 N–H and O–H groups in total. The molecule has 0 radical (unpaired) electrons. The van der Waals surface area contributed by atoms with Gasteiger partial charge in [-0.25, -0.2) is 13.4 Å². The number of nitrogens with one attached hydrogen (secondary N) is 1. The summed E-state index contributed by atoms with van der Waals surface area (Å²) in [5, 5.41) is 9.45. The Balaban J connectivity index is 2.17. The van der Waals surface area contributed by atoms with Crippen molar-refractivity contribution in [3.05, 3.63) is 42.0 Å². The van der Waals surface area contributed by atoms with Crippen LogP contribution in [0.2, 0.25) is 0 Å². The van der Waals surface area contributed by atoms with Gasteiger partial charge in [-0.05, 0) is 48.9 Å². The van der Waals surface area contributed by atoms with E-state index in [2.05, 4.69) is 9.97 Å². The van der Waals surface area contributed by atoms with E-state index in [-0.39, 0.29) is 10.6 Å². The maximum atomic E-state index is 11.6. The van der Waals surface area contributed by atoms with Crippen LogP contribution in [0.25, 0.3) is 22.4 Å². The van der Waals surface area contributed by atoms with Gasteiger partial charge in [-0.15, -0.1) is 0 Å². The predicted octanol–water partition coefficient (Wildman–Crippen LogP) is 2.65. The number of hydrogen-bond acceptors (Lipinski definition) is 4. The Bertz CT molecular complexity index is 943. The lowest BCUT2D eigenvalue weighted by Crippen LogP contribution is -1.96. The van der Waals surface area contributed by atoms with Gasteiger partial charge in [0.05, 0.1) is 15.9 Å². The van der Waals surface area contributed by atoms with Gasteiger partial charge in [0.25, 0.3) is 0 Å². The van der Waals surface area contributed by atoms with Crippen LogP contribution in [0, 0.1) is 6.92 Å². The molecule has 0 aliphatic rings. The number of H-pyrrole nitrogens is 1. The molecule has 3 rings (SSSR count). The van der Waals surface area contributed by atoms with Gasteiger partial charge in [0.1, 0.15) is 11.6 Å². The minimum absolute atomic E-state index is 0.201. The molecule has 0 bridgehead atoms. The molecular weight excluding hydrogens is 288 g/mol. The summed E-state index contributed by atoms with van der Waals surface area (Å²) in [6.07, 6.45) is 1.18. The van der Waals surface area contributed by atoms with E-state index < -0.39 is 9.84 Å². The Hall–Kier alpha value is -2.34. The van der Waals surface area contributed by atoms with Gasteiger partial charge < -0.3 is 10.1 Å². The largest absolute Gasteiger partial charge is 0.508 e. The second-order valence-corrected chi connectivity index (χ2v) is 7.05. The summed E-state index contributed by atoms with van der Waals surface area (Å²) in [4.78, 5) is 7.85. The van der Waals surface area contributed by atoms with Crippen molar-refractivity contribution in [1.82, 2.24) is 9.97 Å². The minimum Gasteiger partial charge on any atom is -0.508 e. The molecule has 1 aromatic heterocycles. The number of sulfone groups is 1. The predicted molar refractivity (Wildman–Crippen MR) is 81.0 cm³/mol. The van der Waals surface area contributed by atoms with E-state index in [1.165, 1.54) is 6.26 Å². The number of rotatable bonds is 2. The highest BCUT2D eigenvalue weighted by atomic mass is 32.2. The highest BCUT2D eigenvalue weighted by molar-refractivity contribution is 7.90. The SMILES string of the molecule is Cc1cc(O)ccc1-c1nc2ccc(S(C)(=O)=O)cc2[nH]1. The van der Waals surface area contributed by atoms with Crippen LogP contribution in [0.4, 0.5) is 0 Å². The summed E-state index contributed by atoms with van der Waals surface area (Å²) < 4.78 is 23.2. The zero-order valence-electron chi connectivity index (χ0n) is 11.6. The Kier molecular flexibility index (Phi) is 2.98. The zero-order valence-corrected chi connectivity index (χ0v) is 12.4. The molecule has 5 nitrogen and oxygen atoms in total. The first-order valence-corrected chi connectivity index (χ1v) is 8.23. The number of nitrogens with zero attached hydrogens (tertiary/aromatic N) is 1. The average molecular weight is 302 g/mol. The third-order valence-corrected chi connectivity index (χ3v) is 4.46. The maximum Gasteiger partial charge on any atom is 0.175 e. The third kappa shape index (κ3) is 2.50. The smallest absolute Gasteiger partial charge is 0.175 e. The van der Waals surface area contributed by atoms with Crippen molar-refractivity contribution >= 4 is 20.9 Å². The maximum absolute atomic E-state index is 11.6. The van der Waals surface area contributed by atoms with E-state index in [9.17, 15) is 13.5 Å². The lowest BCUT2D eigenvalue weighted by molar-refractivity contribution is 0.475. The monoisotopic (exact) mass is 302 g/mol. The molecule has 0 saturated heterocycles. The Labute approximate surface area is 122 Å². The van der Waals surface area contributed by atoms with Crippen LogP contribution in [0.3, 0.4) is 0 Å². The Morgan fingerprint density at radius 3 is 2.57 bits per heavy atom. The molecule has 6 heteroatoms. The van der Waals surface area contributed by atoms with Crippen LogP contribution >= 0.6 is 0 Å². The Morgan fingerprint density at radius 1 is 1.14 bits per heavy atom. The van der Waals surface area contributed by atoms with Gasteiger partial charge in [0, 0.05) is 11.8 Å².